The summed E-state index contributed by atoms with van der Waals surface area (Å²) in [6.45, 7) is 4.07. The van der Waals surface area contributed by atoms with E-state index in [1.54, 1.807) is 31.2 Å². The van der Waals surface area contributed by atoms with Crippen LogP contribution in [0.25, 0.3) is 0 Å². The lowest BCUT2D eigenvalue weighted by molar-refractivity contribution is 0.103. The highest BCUT2D eigenvalue weighted by Gasteiger charge is 2.21. The van der Waals surface area contributed by atoms with Crippen LogP contribution in [0.3, 0.4) is 0 Å². The van der Waals surface area contributed by atoms with Crippen molar-refractivity contribution in [1.82, 2.24) is 0 Å². The van der Waals surface area contributed by atoms with Gasteiger partial charge in [-0.3, -0.25) is 4.79 Å². The van der Waals surface area contributed by atoms with E-state index in [2.05, 4.69) is 0 Å². The molecule has 2 nitrogen and oxygen atoms in total. The van der Waals surface area contributed by atoms with Crippen molar-refractivity contribution in [3.63, 3.8) is 0 Å². The van der Waals surface area contributed by atoms with Gasteiger partial charge in [-0.15, -0.1) is 0 Å². The minimum atomic E-state index is -0.00948. The molecule has 1 aromatic carbocycles. The number of carbonyl (C=O) groups is 1. The van der Waals surface area contributed by atoms with E-state index in [0.717, 1.165) is 5.56 Å². The fourth-order valence-electron chi connectivity index (χ4n) is 1.83. The fraction of sp³-hybridized carbons (Fsp3) is 0.214. The van der Waals surface area contributed by atoms with Crippen molar-refractivity contribution in [2.45, 2.75) is 20.5 Å². The van der Waals surface area contributed by atoms with Crippen LogP contribution in [0.2, 0.25) is 5.02 Å². The SMILES string of the molecule is C/C=C\C1=C(C)OCc2cc(Cl)ccc2C1=O. The third-order valence-corrected chi connectivity index (χ3v) is 2.95. The maximum atomic E-state index is 12.3. The largest absolute Gasteiger partial charge is 0.493 e. The van der Waals surface area contributed by atoms with Gasteiger partial charge in [0, 0.05) is 16.1 Å². The molecule has 0 atom stereocenters. The first-order chi connectivity index (χ1) is 8.13. The number of hydrogen-bond donors (Lipinski definition) is 0. The summed E-state index contributed by atoms with van der Waals surface area (Å²) in [4.78, 5) is 12.3. The highest BCUT2D eigenvalue weighted by molar-refractivity contribution is 6.30. The van der Waals surface area contributed by atoms with Crippen LogP contribution in [-0.4, -0.2) is 5.78 Å². The summed E-state index contributed by atoms with van der Waals surface area (Å²) in [6.07, 6.45) is 3.61. The molecule has 3 heteroatoms. The van der Waals surface area contributed by atoms with Gasteiger partial charge in [0.05, 0.1) is 5.57 Å². The number of benzene rings is 1. The molecule has 2 rings (SSSR count). The van der Waals surface area contributed by atoms with Gasteiger partial charge >= 0.3 is 0 Å². The van der Waals surface area contributed by atoms with E-state index >= 15 is 0 Å². The molecule has 0 fully saturated rings. The highest BCUT2D eigenvalue weighted by Crippen LogP contribution is 2.26. The van der Waals surface area contributed by atoms with Crippen LogP contribution in [-0.2, 0) is 11.3 Å². The van der Waals surface area contributed by atoms with Crippen molar-refractivity contribution in [2.24, 2.45) is 0 Å². The van der Waals surface area contributed by atoms with Crippen molar-refractivity contribution < 1.29 is 9.53 Å². The Morgan fingerprint density at radius 2 is 2.18 bits per heavy atom. The predicted octanol–water partition coefficient (Wildman–Crippen LogP) is 3.90. The summed E-state index contributed by atoms with van der Waals surface area (Å²) in [7, 11) is 0. The Morgan fingerprint density at radius 3 is 2.88 bits per heavy atom. The molecule has 0 spiro atoms. The van der Waals surface area contributed by atoms with E-state index < -0.39 is 0 Å². The summed E-state index contributed by atoms with van der Waals surface area (Å²) in [5.41, 5.74) is 2.11. The molecular weight excluding hydrogens is 236 g/mol. The smallest absolute Gasteiger partial charge is 0.196 e. The number of Topliss-reactive ketones (excluding diaryl/α,β-unsaturated/α-hetero) is 1. The molecule has 0 saturated carbocycles. The van der Waals surface area contributed by atoms with Crippen LogP contribution in [0.15, 0.2) is 41.7 Å². The van der Waals surface area contributed by atoms with E-state index in [9.17, 15) is 4.79 Å². The van der Waals surface area contributed by atoms with E-state index in [-0.39, 0.29) is 5.78 Å². The molecule has 1 heterocycles. The van der Waals surface area contributed by atoms with Gasteiger partial charge in [0.25, 0.3) is 0 Å². The normalized spacial score (nSPS) is 15.8. The van der Waals surface area contributed by atoms with Gasteiger partial charge in [-0.2, -0.15) is 0 Å². The molecule has 0 bridgehead atoms. The lowest BCUT2D eigenvalue weighted by Gasteiger charge is -2.05. The Bertz CT molecular complexity index is 527. The topological polar surface area (TPSA) is 26.3 Å². The molecule has 0 radical (unpaired) electrons. The zero-order chi connectivity index (χ0) is 12.4. The standard InChI is InChI=1S/C14H13ClO2/c1-3-4-12-9(2)17-8-10-7-11(15)5-6-13(10)14(12)16/h3-7H,8H2,1-2H3/b4-3-. The summed E-state index contributed by atoms with van der Waals surface area (Å²) < 4.78 is 5.57. The van der Waals surface area contributed by atoms with Crippen molar-refractivity contribution in [3.8, 4) is 0 Å². The molecular formula is C14H13ClO2. The van der Waals surface area contributed by atoms with Crippen molar-refractivity contribution in [2.75, 3.05) is 0 Å². The molecule has 1 aliphatic heterocycles. The van der Waals surface area contributed by atoms with Gasteiger partial charge < -0.3 is 4.74 Å². The van der Waals surface area contributed by atoms with Gasteiger partial charge in [-0.1, -0.05) is 23.8 Å². The van der Waals surface area contributed by atoms with Gasteiger partial charge in [-0.05, 0) is 32.0 Å². The monoisotopic (exact) mass is 248 g/mol. The average Bonchev–Trinajstić information content (AvgIpc) is 2.41. The number of rotatable bonds is 1. The van der Waals surface area contributed by atoms with Crippen LogP contribution in [0.1, 0.15) is 29.8 Å². The van der Waals surface area contributed by atoms with Crippen LogP contribution in [0.5, 0.6) is 0 Å². The molecule has 0 N–H and O–H groups in total. The van der Waals surface area contributed by atoms with Crippen molar-refractivity contribution in [1.29, 1.82) is 0 Å². The Labute approximate surface area is 106 Å². The number of carbonyl (C=O) groups excluding carboxylic acids is 1. The Kier molecular flexibility index (Phi) is 3.34. The Hall–Kier alpha value is -1.54. The number of fused-ring (bicyclic) bond motifs is 1. The predicted molar refractivity (Wildman–Crippen MR) is 68.1 cm³/mol. The minimum Gasteiger partial charge on any atom is -0.493 e. The zero-order valence-corrected chi connectivity index (χ0v) is 10.5. The first-order valence-corrected chi connectivity index (χ1v) is 5.80. The van der Waals surface area contributed by atoms with Crippen molar-refractivity contribution >= 4 is 17.4 Å². The van der Waals surface area contributed by atoms with Gasteiger partial charge in [-0.25, -0.2) is 0 Å². The second-order valence-corrected chi connectivity index (χ2v) is 4.33. The van der Waals surface area contributed by atoms with Gasteiger partial charge in [0.1, 0.15) is 12.4 Å². The summed E-state index contributed by atoms with van der Waals surface area (Å²) in [5.74, 6) is 0.644. The quantitative estimate of drug-likeness (QED) is 0.753. The highest BCUT2D eigenvalue weighted by atomic mass is 35.5. The van der Waals surface area contributed by atoms with Crippen LogP contribution < -0.4 is 0 Å². The molecule has 0 saturated heterocycles. The number of ketones is 1. The van der Waals surface area contributed by atoms with Crippen molar-refractivity contribution in [3.05, 3.63) is 57.8 Å². The summed E-state index contributed by atoms with van der Waals surface area (Å²) in [5, 5.41) is 0.618. The van der Waals surface area contributed by atoms with E-state index in [4.69, 9.17) is 16.3 Å². The first kappa shape index (κ1) is 11.9. The second-order valence-electron chi connectivity index (χ2n) is 3.89. The molecule has 1 aliphatic rings. The van der Waals surface area contributed by atoms with Crippen LogP contribution >= 0.6 is 11.6 Å². The average molecular weight is 249 g/mol. The molecule has 1 aromatic rings. The third-order valence-electron chi connectivity index (χ3n) is 2.71. The lowest BCUT2D eigenvalue weighted by Crippen LogP contribution is -2.04. The molecule has 17 heavy (non-hydrogen) atoms. The Morgan fingerprint density at radius 1 is 1.41 bits per heavy atom. The van der Waals surface area contributed by atoms with Crippen LogP contribution in [0, 0.1) is 0 Å². The maximum Gasteiger partial charge on any atom is 0.196 e. The first-order valence-electron chi connectivity index (χ1n) is 5.43. The van der Waals surface area contributed by atoms with Gasteiger partial charge in [0.2, 0.25) is 0 Å². The fourth-order valence-corrected chi connectivity index (χ4v) is 2.03. The number of hydrogen-bond acceptors (Lipinski definition) is 2. The van der Waals surface area contributed by atoms with Crippen LogP contribution in [0.4, 0.5) is 0 Å². The zero-order valence-electron chi connectivity index (χ0n) is 9.79. The van der Waals surface area contributed by atoms with E-state index in [1.165, 1.54) is 0 Å². The van der Waals surface area contributed by atoms with E-state index in [0.29, 0.717) is 28.5 Å². The number of halogens is 1. The molecule has 88 valence electrons. The third kappa shape index (κ3) is 2.27. The molecule has 0 aromatic heterocycles. The Balaban J connectivity index is 2.55. The molecule has 0 aliphatic carbocycles. The summed E-state index contributed by atoms with van der Waals surface area (Å²) in [6, 6.07) is 5.26. The second kappa shape index (κ2) is 4.76. The summed E-state index contributed by atoms with van der Waals surface area (Å²) >= 11 is 5.92. The lowest BCUT2D eigenvalue weighted by atomic mass is 9.99. The maximum absolute atomic E-state index is 12.3. The van der Waals surface area contributed by atoms with E-state index in [1.807, 2.05) is 13.0 Å². The minimum absolute atomic E-state index is 0.00948. The molecule has 0 unspecified atom stereocenters. The number of allylic oxidation sites excluding steroid dienone is 4. The number of ether oxygens (including phenoxy) is 1. The van der Waals surface area contributed by atoms with Gasteiger partial charge in [0.15, 0.2) is 5.78 Å². The molecule has 0 amide bonds.